The number of carbonyl (C=O) groups is 1. The minimum atomic E-state index is -0.240. The van der Waals surface area contributed by atoms with Crippen molar-refractivity contribution in [3.63, 3.8) is 0 Å². The fraction of sp³-hybridized carbons (Fsp3) is 0.214. The van der Waals surface area contributed by atoms with E-state index in [-0.39, 0.29) is 11.6 Å². The van der Waals surface area contributed by atoms with E-state index in [9.17, 15) is 4.79 Å². The van der Waals surface area contributed by atoms with Crippen LogP contribution in [-0.4, -0.2) is 29.4 Å². The zero-order valence-electron chi connectivity index (χ0n) is 11.4. The molecule has 1 amide bonds. The first-order valence-electron chi connectivity index (χ1n) is 6.22. The Morgan fingerprint density at radius 2 is 1.95 bits per heavy atom. The second kappa shape index (κ2) is 6.31. The topological polar surface area (TPSA) is 105 Å². The Morgan fingerprint density at radius 3 is 2.52 bits per heavy atom. The van der Waals surface area contributed by atoms with Crippen LogP contribution in [0.5, 0.6) is 0 Å². The van der Waals surface area contributed by atoms with E-state index < -0.39 is 0 Å². The van der Waals surface area contributed by atoms with E-state index in [0.717, 1.165) is 11.3 Å². The predicted molar refractivity (Wildman–Crippen MR) is 77.3 cm³/mol. The van der Waals surface area contributed by atoms with Crippen LogP contribution in [0, 0.1) is 22.7 Å². The van der Waals surface area contributed by atoms with E-state index in [0.29, 0.717) is 18.5 Å². The summed E-state index contributed by atoms with van der Waals surface area (Å²) in [5.74, 6) is 0.00640. The molecule has 0 saturated carbocycles. The molecule has 0 spiro atoms. The summed E-state index contributed by atoms with van der Waals surface area (Å²) in [6.45, 7) is 0. The lowest BCUT2D eigenvalue weighted by Gasteiger charge is -2.19. The molecule has 0 unspecified atom stereocenters. The third-order valence-corrected chi connectivity index (χ3v) is 2.93. The number of hydrogen-bond acceptors (Lipinski definition) is 6. The summed E-state index contributed by atoms with van der Waals surface area (Å²) in [7, 11) is 1.64. The first kappa shape index (κ1) is 14.2. The average Bonchev–Trinajstić information content (AvgIpc) is 2.52. The maximum Gasteiger partial charge on any atom is 0.242 e. The lowest BCUT2D eigenvalue weighted by Crippen LogP contribution is -2.28. The van der Waals surface area contributed by atoms with Crippen molar-refractivity contribution in [2.24, 2.45) is 10.2 Å². The van der Waals surface area contributed by atoms with Gasteiger partial charge in [-0.05, 0) is 17.7 Å². The molecule has 0 aromatic heterocycles. The molecule has 21 heavy (non-hydrogen) atoms. The molecule has 1 N–H and O–H groups in total. The van der Waals surface area contributed by atoms with Crippen molar-refractivity contribution in [3.8, 4) is 12.1 Å². The lowest BCUT2D eigenvalue weighted by atomic mass is 10.0. The highest BCUT2D eigenvalue weighted by Gasteiger charge is 2.17. The average molecular weight is 280 g/mol. The number of nitrogens with zero attached hydrogens (tertiary/aromatic N) is 5. The Bertz CT molecular complexity index is 674. The number of carbonyl (C=O) groups excluding carboxylic acids is 1. The standard InChI is InChI=1S/C14H12N6O/c1-20-14(21)7-6-13(19-20)10-2-4-11(5-3-10)17-18-12(8-15)9-16/h2-5,17H,6-7H2,1H3. The van der Waals surface area contributed by atoms with Crippen LogP contribution in [0.25, 0.3) is 0 Å². The summed E-state index contributed by atoms with van der Waals surface area (Å²) in [4.78, 5) is 11.4. The first-order chi connectivity index (χ1) is 10.1. The number of nitriles is 2. The Kier molecular flexibility index (Phi) is 4.27. The van der Waals surface area contributed by atoms with Gasteiger partial charge in [-0.3, -0.25) is 10.2 Å². The summed E-state index contributed by atoms with van der Waals surface area (Å²) < 4.78 is 0. The van der Waals surface area contributed by atoms with Gasteiger partial charge >= 0.3 is 0 Å². The van der Waals surface area contributed by atoms with Crippen molar-refractivity contribution < 1.29 is 4.79 Å². The van der Waals surface area contributed by atoms with Crippen molar-refractivity contribution in [2.75, 3.05) is 12.5 Å². The van der Waals surface area contributed by atoms with Gasteiger partial charge in [0.1, 0.15) is 12.1 Å². The maximum absolute atomic E-state index is 11.4. The van der Waals surface area contributed by atoms with Crippen LogP contribution in [-0.2, 0) is 4.79 Å². The molecule has 1 aromatic carbocycles. The van der Waals surface area contributed by atoms with Crippen molar-refractivity contribution in [2.45, 2.75) is 12.8 Å². The Hall–Kier alpha value is -3.19. The zero-order valence-corrected chi connectivity index (χ0v) is 11.4. The van der Waals surface area contributed by atoms with E-state index >= 15 is 0 Å². The molecule has 0 aliphatic carbocycles. The molecule has 0 fully saturated rings. The highest BCUT2D eigenvalue weighted by molar-refractivity contribution is 6.10. The number of nitrogens with one attached hydrogen (secondary N) is 1. The van der Waals surface area contributed by atoms with Crippen LogP contribution in [0.4, 0.5) is 5.69 Å². The number of hydrogen-bond donors (Lipinski definition) is 1. The quantitative estimate of drug-likeness (QED) is 0.668. The number of anilines is 1. The number of benzene rings is 1. The molecule has 1 aliphatic rings. The number of rotatable bonds is 3. The molecule has 0 atom stereocenters. The van der Waals surface area contributed by atoms with Gasteiger partial charge in [0.05, 0.1) is 11.4 Å². The van der Waals surface area contributed by atoms with Crippen molar-refractivity contribution >= 4 is 23.0 Å². The predicted octanol–water partition coefficient (Wildman–Crippen LogP) is 1.46. The van der Waals surface area contributed by atoms with Crippen LogP contribution in [0.1, 0.15) is 18.4 Å². The van der Waals surface area contributed by atoms with Crippen LogP contribution in [0.3, 0.4) is 0 Å². The third-order valence-electron chi connectivity index (χ3n) is 2.93. The summed E-state index contributed by atoms with van der Waals surface area (Å²) in [6, 6.07) is 10.6. The van der Waals surface area contributed by atoms with Crippen LogP contribution in [0.15, 0.2) is 34.5 Å². The Balaban J connectivity index is 2.12. The largest absolute Gasteiger partial charge is 0.277 e. The van der Waals surface area contributed by atoms with Crippen LogP contribution >= 0.6 is 0 Å². The van der Waals surface area contributed by atoms with Crippen molar-refractivity contribution in [3.05, 3.63) is 29.8 Å². The molecule has 0 bridgehead atoms. The zero-order chi connectivity index (χ0) is 15.2. The van der Waals surface area contributed by atoms with E-state index in [2.05, 4.69) is 15.6 Å². The smallest absolute Gasteiger partial charge is 0.242 e. The van der Waals surface area contributed by atoms with Gasteiger partial charge in [-0.2, -0.15) is 20.7 Å². The lowest BCUT2D eigenvalue weighted by molar-refractivity contribution is -0.130. The van der Waals surface area contributed by atoms with Gasteiger partial charge in [0.2, 0.25) is 11.6 Å². The molecule has 1 heterocycles. The van der Waals surface area contributed by atoms with E-state index in [4.69, 9.17) is 10.5 Å². The van der Waals surface area contributed by atoms with E-state index in [1.165, 1.54) is 5.01 Å². The number of amides is 1. The molecule has 7 heteroatoms. The highest BCUT2D eigenvalue weighted by atomic mass is 16.2. The highest BCUT2D eigenvalue weighted by Crippen LogP contribution is 2.16. The summed E-state index contributed by atoms with van der Waals surface area (Å²) >= 11 is 0. The summed E-state index contributed by atoms with van der Waals surface area (Å²) in [5.41, 5.74) is 4.82. The molecule has 0 radical (unpaired) electrons. The van der Waals surface area contributed by atoms with Gasteiger partial charge in [-0.15, -0.1) is 0 Å². The fourth-order valence-electron chi connectivity index (χ4n) is 1.81. The summed E-state index contributed by atoms with van der Waals surface area (Å²) in [5, 5.41) is 26.4. The molecular weight excluding hydrogens is 268 g/mol. The maximum atomic E-state index is 11.4. The molecule has 1 aliphatic heterocycles. The van der Waals surface area contributed by atoms with E-state index in [1.54, 1.807) is 31.3 Å². The third kappa shape index (κ3) is 3.43. The van der Waals surface area contributed by atoms with Gasteiger partial charge in [-0.1, -0.05) is 12.1 Å². The Labute approximate surface area is 121 Å². The molecule has 1 aromatic rings. The second-order valence-corrected chi connectivity index (χ2v) is 4.34. The van der Waals surface area contributed by atoms with Gasteiger partial charge in [-0.25, -0.2) is 5.01 Å². The second-order valence-electron chi connectivity index (χ2n) is 4.34. The SMILES string of the molecule is CN1N=C(c2ccc(NN=C(C#N)C#N)cc2)CCC1=O. The van der Waals surface area contributed by atoms with Gasteiger partial charge in [0, 0.05) is 19.9 Å². The van der Waals surface area contributed by atoms with Gasteiger partial charge in [0.25, 0.3) is 0 Å². The monoisotopic (exact) mass is 280 g/mol. The van der Waals surface area contributed by atoms with Crippen LogP contribution in [0.2, 0.25) is 0 Å². The Morgan fingerprint density at radius 1 is 1.29 bits per heavy atom. The molecule has 2 rings (SSSR count). The van der Waals surface area contributed by atoms with Crippen molar-refractivity contribution in [1.29, 1.82) is 10.5 Å². The van der Waals surface area contributed by atoms with Gasteiger partial charge in [0.15, 0.2) is 0 Å². The van der Waals surface area contributed by atoms with E-state index in [1.807, 2.05) is 12.1 Å². The normalized spacial score (nSPS) is 13.8. The number of hydrazone groups is 2. The van der Waals surface area contributed by atoms with Crippen molar-refractivity contribution in [1.82, 2.24) is 5.01 Å². The minimum absolute atomic E-state index is 0.00640. The molecule has 7 nitrogen and oxygen atoms in total. The van der Waals surface area contributed by atoms with Crippen LogP contribution < -0.4 is 5.43 Å². The summed E-state index contributed by atoms with van der Waals surface area (Å²) in [6.07, 6.45) is 1.06. The van der Waals surface area contributed by atoms with Gasteiger partial charge < -0.3 is 0 Å². The fourth-order valence-corrected chi connectivity index (χ4v) is 1.81. The minimum Gasteiger partial charge on any atom is -0.277 e. The molecule has 104 valence electrons. The first-order valence-corrected chi connectivity index (χ1v) is 6.22. The molecule has 0 saturated heterocycles. The molecular formula is C14H12N6O.